The second-order valence-corrected chi connectivity index (χ2v) is 7.30. The highest BCUT2D eigenvalue weighted by molar-refractivity contribution is 5.96. The molecule has 2 heteroatoms. The van der Waals surface area contributed by atoms with Crippen LogP contribution in [0.3, 0.4) is 0 Å². The van der Waals surface area contributed by atoms with Gasteiger partial charge >= 0.3 is 0 Å². The van der Waals surface area contributed by atoms with Crippen molar-refractivity contribution in [2.24, 2.45) is 5.92 Å². The smallest absolute Gasteiger partial charge is 0.162 e. The molecule has 1 fully saturated rings. The third-order valence-electron chi connectivity index (χ3n) is 4.89. The monoisotopic (exact) mass is 286 g/mol. The van der Waals surface area contributed by atoms with Gasteiger partial charge < -0.3 is 4.74 Å². The molecule has 0 radical (unpaired) electrons. The molecule has 0 atom stereocenters. The minimum atomic E-state index is 0.0174. The van der Waals surface area contributed by atoms with Gasteiger partial charge in [-0.1, -0.05) is 40.0 Å². The van der Waals surface area contributed by atoms with Gasteiger partial charge in [0.1, 0.15) is 5.75 Å². The summed E-state index contributed by atoms with van der Waals surface area (Å²) in [5.74, 6) is 2.24. The molecule has 2 nitrogen and oxygen atoms in total. The summed E-state index contributed by atoms with van der Waals surface area (Å²) >= 11 is 0. The van der Waals surface area contributed by atoms with Crippen LogP contribution in [0.1, 0.15) is 74.4 Å². The summed E-state index contributed by atoms with van der Waals surface area (Å²) in [6.07, 6.45) is 6.63. The van der Waals surface area contributed by atoms with Gasteiger partial charge in [-0.15, -0.1) is 0 Å². The Morgan fingerprint density at radius 2 is 2.10 bits per heavy atom. The Balaban J connectivity index is 1.80. The quantitative estimate of drug-likeness (QED) is 0.710. The van der Waals surface area contributed by atoms with Gasteiger partial charge in [-0.2, -0.15) is 0 Å². The predicted octanol–water partition coefficient (Wildman–Crippen LogP) is 4.68. The highest BCUT2D eigenvalue weighted by Crippen LogP contribution is 2.42. The van der Waals surface area contributed by atoms with Gasteiger partial charge in [0.2, 0.25) is 0 Å². The third-order valence-corrected chi connectivity index (χ3v) is 4.89. The van der Waals surface area contributed by atoms with Crippen molar-refractivity contribution >= 4 is 5.78 Å². The normalized spacial score (nSPS) is 19.2. The molecule has 0 unspecified atom stereocenters. The van der Waals surface area contributed by atoms with Gasteiger partial charge in [0, 0.05) is 23.0 Å². The average molecular weight is 286 g/mol. The molecule has 1 heterocycles. The molecular formula is C19H26O2. The Bertz CT molecular complexity index is 553. The first-order valence-corrected chi connectivity index (χ1v) is 8.34. The fraction of sp³-hybridized carbons (Fsp3) is 0.632. The van der Waals surface area contributed by atoms with Crippen LogP contribution in [0.4, 0.5) is 0 Å². The van der Waals surface area contributed by atoms with Crippen LogP contribution in [-0.4, -0.2) is 12.4 Å². The maximum atomic E-state index is 12.5. The van der Waals surface area contributed by atoms with E-state index in [2.05, 4.69) is 32.9 Å². The van der Waals surface area contributed by atoms with Crippen LogP contribution >= 0.6 is 0 Å². The number of ether oxygens (including phenoxy) is 1. The van der Waals surface area contributed by atoms with E-state index in [1.165, 1.54) is 30.4 Å². The van der Waals surface area contributed by atoms with Crippen LogP contribution in [0.2, 0.25) is 0 Å². The number of aryl methyl sites for hydroxylation is 1. The summed E-state index contributed by atoms with van der Waals surface area (Å²) in [4.78, 5) is 12.5. The number of rotatable bonds is 6. The zero-order chi connectivity index (χ0) is 15.0. The van der Waals surface area contributed by atoms with Gasteiger partial charge in [-0.25, -0.2) is 0 Å². The van der Waals surface area contributed by atoms with E-state index in [-0.39, 0.29) is 5.41 Å². The Hall–Kier alpha value is -1.31. The van der Waals surface area contributed by atoms with Crippen LogP contribution in [0, 0.1) is 5.92 Å². The van der Waals surface area contributed by atoms with E-state index < -0.39 is 0 Å². The van der Waals surface area contributed by atoms with E-state index in [0.717, 1.165) is 30.1 Å². The summed E-state index contributed by atoms with van der Waals surface area (Å²) in [6, 6.07) is 4.14. The zero-order valence-corrected chi connectivity index (χ0v) is 13.5. The molecule has 0 bridgehead atoms. The molecule has 0 saturated heterocycles. The number of hydrogen-bond acceptors (Lipinski definition) is 2. The van der Waals surface area contributed by atoms with Crippen LogP contribution in [0.15, 0.2) is 12.1 Å². The van der Waals surface area contributed by atoms with Gasteiger partial charge in [0.25, 0.3) is 0 Å². The SMILES string of the molecule is CCc1cc(C(=O)CCCC2CC2)cc2c1OCC2(C)C. The lowest BCUT2D eigenvalue weighted by molar-refractivity contribution is 0.0978. The summed E-state index contributed by atoms with van der Waals surface area (Å²) in [6.45, 7) is 7.24. The van der Waals surface area contributed by atoms with Crippen molar-refractivity contribution in [2.45, 2.75) is 64.7 Å². The maximum Gasteiger partial charge on any atom is 0.162 e. The minimum Gasteiger partial charge on any atom is -0.492 e. The lowest BCUT2D eigenvalue weighted by atomic mass is 9.84. The summed E-state index contributed by atoms with van der Waals surface area (Å²) in [5.41, 5.74) is 3.31. The standard InChI is InChI=1S/C19H26O2/c1-4-14-10-15(17(20)7-5-6-13-8-9-13)11-16-18(14)21-12-19(16,2)3/h10-11,13H,4-9,12H2,1-3H3. The van der Waals surface area contributed by atoms with Crippen molar-refractivity contribution in [3.8, 4) is 5.75 Å². The largest absolute Gasteiger partial charge is 0.492 e. The average Bonchev–Trinajstić information content (AvgIpc) is 3.23. The lowest BCUT2D eigenvalue weighted by Crippen LogP contribution is -2.18. The van der Waals surface area contributed by atoms with Gasteiger partial charge in [-0.3, -0.25) is 4.79 Å². The van der Waals surface area contributed by atoms with E-state index in [1.54, 1.807) is 0 Å². The van der Waals surface area contributed by atoms with E-state index in [1.807, 2.05) is 0 Å². The molecule has 0 spiro atoms. The number of ketones is 1. The van der Waals surface area contributed by atoms with Crippen molar-refractivity contribution in [1.82, 2.24) is 0 Å². The number of hydrogen-bond donors (Lipinski definition) is 0. The molecular weight excluding hydrogens is 260 g/mol. The molecule has 1 saturated carbocycles. The molecule has 1 aromatic carbocycles. The first kappa shape index (κ1) is 14.6. The molecule has 0 aromatic heterocycles. The van der Waals surface area contributed by atoms with E-state index in [9.17, 15) is 4.79 Å². The third kappa shape index (κ3) is 3.00. The van der Waals surface area contributed by atoms with E-state index >= 15 is 0 Å². The molecule has 3 rings (SSSR count). The Morgan fingerprint density at radius 1 is 1.33 bits per heavy atom. The molecule has 2 aliphatic rings. The van der Waals surface area contributed by atoms with E-state index in [0.29, 0.717) is 18.8 Å². The van der Waals surface area contributed by atoms with Crippen LogP contribution < -0.4 is 4.74 Å². The predicted molar refractivity (Wildman–Crippen MR) is 85.2 cm³/mol. The number of carbonyl (C=O) groups is 1. The van der Waals surface area contributed by atoms with Crippen molar-refractivity contribution in [3.05, 3.63) is 28.8 Å². The highest BCUT2D eigenvalue weighted by Gasteiger charge is 2.34. The number of fused-ring (bicyclic) bond motifs is 1. The van der Waals surface area contributed by atoms with Crippen LogP contribution in [-0.2, 0) is 11.8 Å². The molecule has 1 aliphatic heterocycles. The molecule has 114 valence electrons. The number of benzene rings is 1. The lowest BCUT2D eigenvalue weighted by Gasteiger charge is -2.16. The summed E-state index contributed by atoms with van der Waals surface area (Å²) < 4.78 is 5.88. The van der Waals surface area contributed by atoms with Crippen LogP contribution in [0.25, 0.3) is 0 Å². The highest BCUT2D eigenvalue weighted by atomic mass is 16.5. The summed E-state index contributed by atoms with van der Waals surface area (Å²) in [7, 11) is 0. The first-order chi connectivity index (χ1) is 10.0. The van der Waals surface area contributed by atoms with Crippen molar-refractivity contribution in [3.63, 3.8) is 0 Å². The number of Topliss-reactive ketones (excluding diaryl/α,β-unsaturated/α-hetero) is 1. The zero-order valence-electron chi connectivity index (χ0n) is 13.5. The Morgan fingerprint density at radius 3 is 2.76 bits per heavy atom. The minimum absolute atomic E-state index is 0.0174. The van der Waals surface area contributed by atoms with Gasteiger partial charge in [0.15, 0.2) is 5.78 Å². The Labute approximate surface area is 127 Å². The van der Waals surface area contributed by atoms with Crippen molar-refractivity contribution in [2.75, 3.05) is 6.61 Å². The number of carbonyl (C=O) groups excluding carboxylic acids is 1. The molecule has 0 amide bonds. The van der Waals surface area contributed by atoms with Crippen molar-refractivity contribution in [1.29, 1.82) is 0 Å². The molecule has 0 N–H and O–H groups in total. The second-order valence-electron chi connectivity index (χ2n) is 7.30. The van der Waals surface area contributed by atoms with Gasteiger partial charge in [0.05, 0.1) is 6.61 Å². The van der Waals surface area contributed by atoms with E-state index in [4.69, 9.17) is 4.74 Å². The maximum absolute atomic E-state index is 12.5. The second kappa shape index (κ2) is 5.47. The molecule has 21 heavy (non-hydrogen) atoms. The Kier molecular flexibility index (Phi) is 3.81. The summed E-state index contributed by atoms with van der Waals surface area (Å²) in [5, 5.41) is 0. The first-order valence-electron chi connectivity index (χ1n) is 8.34. The molecule has 1 aliphatic carbocycles. The van der Waals surface area contributed by atoms with Gasteiger partial charge in [-0.05, 0) is 36.5 Å². The fourth-order valence-electron chi connectivity index (χ4n) is 3.22. The molecule has 1 aromatic rings. The topological polar surface area (TPSA) is 26.3 Å². The van der Waals surface area contributed by atoms with Crippen LogP contribution in [0.5, 0.6) is 5.75 Å². The fourth-order valence-corrected chi connectivity index (χ4v) is 3.22. The van der Waals surface area contributed by atoms with Crippen molar-refractivity contribution < 1.29 is 9.53 Å².